The molecule has 0 unspecified atom stereocenters. The Bertz CT molecular complexity index is 1000. The Kier molecular flexibility index (Phi) is 5.42. The van der Waals surface area contributed by atoms with Gasteiger partial charge >= 0.3 is 13.6 Å². The second-order valence-electron chi connectivity index (χ2n) is 5.92. The molecule has 136 valence electrons. The minimum Gasteiger partial charge on any atom is -0.478 e. The van der Waals surface area contributed by atoms with Crippen LogP contribution in [0.1, 0.15) is 29.8 Å². The third-order valence-electron chi connectivity index (χ3n) is 4.23. The van der Waals surface area contributed by atoms with E-state index < -0.39 is 13.6 Å². The molecular formula is C20H21O5P. The van der Waals surface area contributed by atoms with Crippen molar-refractivity contribution in [1.29, 1.82) is 0 Å². The van der Waals surface area contributed by atoms with Crippen molar-refractivity contribution < 1.29 is 23.5 Å². The van der Waals surface area contributed by atoms with Gasteiger partial charge in [-0.25, -0.2) is 4.79 Å². The van der Waals surface area contributed by atoms with E-state index >= 15 is 0 Å². The van der Waals surface area contributed by atoms with Gasteiger partial charge in [-0.15, -0.1) is 0 Å². The van der Waals surface area contributed by atoms with Crippen molar-refractivity contribution >= 4 is 35.1 Å². The van der Waals surface area contributed by atoms with Crippen LogP contribution in [0.3, 0.4) is 0 Å². The Hall–Kier alpha value is -2.20. The van der Waals surface area contributed by atoms with Crippen molar-refractivity contribution in [2.75, 3.05) is 13.2 Å². The van der Waals surface area contributed by atoms with Gasteiger partial charge in [0.1, 0.15) is 0 Å². The second kappa shape index (κ2) is 7.58. The van der Waals surface area contributed by atoms with Gasteiger partial charge in [-0.1, -0.05) is 36.4 Å². The largest absolute Gasteiger partial charge is 0.478 e. The topological polar surface area (TPSA) is 72.8 Å². The molecular weight excluding hydrogens is 351 g/mol. The molecule has 0 saturated heterocycles. The summed E-state index contributed by atoms with van der Waals surface area (Å²) in [6, 6.07) is 14.7. The van der Waals surface area contributed by atoms with Gasteiger partial charge in [-0.2, -0.15) is 0 Å². The monoisotopic (exact) mass is 372 g/mol. The highest BCUT2D eigenvalue weighted by Crippen LogP contribution is 2.52. The molecule has 0 bridgehead atoms. The van der Waals surface area contributed by atoms with Crippen LogP contribution in [0.4, 0.5) is 0 Å². The number of rotatable bonds is 7. The maximum absolute atomic E-state index is 12.9. The Morgan fingerprint density at radius 1 is 0.962 bits per heavy atom. The second-order valence-corrected chi connectivity index (χ2v) is 7.98. The van der Waals surface area contributed by atoms with Gasteiger partial charge in [0.15, 0.2) is 0 Å². The maximum Gasteiger partial charge on any atom is 0.335 e. The molecule has 0 aliphatic rings. The summed E-state index contributed by atoms with van der Waals surface area (Å²) in [7, 11) is -3.20. The molecule has 0 radical (unpaired) electrons. The number of fused-ring (bicyclic) bond motifs is 3. The third kappa shape index (κ3) is 3.65. The molecule has 0 atom stereocenters. The lowest BCUT2D eigenvalue weighted by molar-refractivity contribution is 0.0697. The lowest BCUT2D eigenvalue weighted by Crippen LogP contribution is -2.00. The van der Waals surface area contributed by atoms with Crippen molar-refractivity contribution in [2.45, 2.75) is 20.0 Å². The zero-order valence-corrected chi connectivity index (χ0v) is 15.7. The predicted molar refractivity (Wildman–Crippen MR) is 103 cm³/mol. The number of carboxylic acid groups (broad SMARTS) is 1. The summed E-state index contributed by atoms with van der Waals surface area (Å²) in [5.74, 6) is -0.949. The Labute approximate surface area is 152 Å². The first-order chi connectivity index (χ1) is 12.5. The standard InChI is InChI=1S/C20H21O5P/c1-3-24-26(23,25-4-2)13-16-6-5-7-19-17-11-9-15(20(21)22)12-14(17)8-10-18(16)19/h5-12H,3-4,13H2,1-2H3,(H,21,22). The quantitative estimate of drug-likeness (QED) is 0.440. The van der Waals surface area contributed by atoms with Crippen LogP contribution in [-0.2, 0) is 19.8 Å². The molecule has 0 saturated carbocycles. The molecule has 26 heavy (non-hydrogen) atoms. The summed E-state index contributed by atoms with van der Waals surface area (Å²) >= 11 is 0. The Morgan fingerprint density at radius 3 is 2.31 bits per heavy atom. The first-order valence-corrected chi connectivity index (χ1v) is 10.3. The summed E-state index contributed by atoms with van der Waals surface area (Å²) < 4.78 is 23.7. The van der Waals surface area contributed by atoms with Gasteiger partial charge in [0.05, 0.1) is 24.9 Å². The first kappa shape index (κ1) is 18.6. The normalized spacial score (nSPS) is 11.9. The summed E-state index contributed by atoms with van der Waals surface area (Å²) in [6.45, 7) is 4.23. The lowest BCUT2D eigenvalue weighted by atomic mass is 9.98. The smallest absolute Gasteiger partial charge is 0.335 e. The van der Waals surface area contributed by atoms with Crippen LogP contribution in [0.2, 0.25) is 0 Å². The fourth-order valence-electron chi connectivity index (χ4n) is 3.17. The van der Waals surface area contributed by atoms with Crippen LogP contribution in [0, 0.1) is 0 Å². The Morgan fingerprint density at radius 2 is 1.65 bits per heavy atom. The molecule has 3 aromatic rings. The molecule has 0 aliphatic heterocycles. The fraction of sp³-hybridized carbons (Fsp3) is 0.250. The van der Waals surface area contributed by atoms with E-state index in [2.05, 4.69) is 0 Å². The van der Waals surface area contributed by atoms with E-state index in [1.54, 1.807) is 26.0 Å². The molecule has 3 rings (SSSR count). The van der Waals surface area contributed by atoms with E-state index in [4.69, 9.17) is 9.05 Å². The van der Waals surface area contributed by atoms with E-state index in [0.717, 1.165) is 27.1 Å². The molecule has 0 aliphatic carbocycles. The highest BCUT2D eigenvalue weighted by molar-refractivity contribution is 7.53. The summed E-state index contributed by atoms with van der Waals surface area (Å²) in [5.41, 5.74) is 1.14. The van der Waals surface area contributed by atoms with E-state index in [1.165, 1.54) is 0 Å². The fourth-order valence-corrected chi connectivity index (χ4v) is 4.90. The van der Waals surface area contributed by atoms with Crippen molar-refractivity contribution in [3.05, 3.63) is 59.7 Å². The van der Waals surface area contributed by atoms with E-state index in [1.807, 2.05) is 36.4 Å². The van der Waals surface area contributed by atoms with Crippen LogP contribution in [-0.4, -0.2) is 24.3 Å². The van der Waals surface area contributed by atoms with Crippen molar-refractivity contribution in [2.24, 2.45) is 0 Å². The molecule has 3 aromatic carbocycles. The molecule has 0 amide bonds. The lowest BCUT2D eigenvalue weighted by Gasteiger charge is -2.18. The number of carboxylic acids is 1. The van der Waals surface area contributed by atoms with Crippen LogP contribution in [0.15, 0.2) is 48.5 Å². The highest BCUT2D eigenvalue weighted by atomic mass is 31.2. The van der Waals surface area contributed by atoms with Gasteiger partial charge in [0.25, 0.3) is 0 Å². The van der Waals surface area contributed by atoms with Crippen molar-refractivity contribution in [3.8, 4) is 0 Å². The Balaban J connectivity index is 2.12. The van der Waals surface area contributed by atoms with E-state index in [9.17, 15) is 14.5 Å². The highest BCUT2D eigenvalue weighted by Gasteiger charge is 2.25. The molecule has 1 N–H and O–H groups in total. The SMILES string of the molecule is CCOP(=O)(Cc1cccc2c1ccc1cc(C(=O)O)ccc12)OCC. The number of benzene rings is 3. The number of hydrogen-bond acceptors (Lipinski definition) is 4. The van der Waals surface area contributed by atoms with Crippen molar-refractivity contribution in [1.82, 2.24) is 0 Å². The van der Waals surface area contributed by atoms with E-state index in [-0.39, 0.29) is 11.7 Å². The summed E-state index contributed by atoms with van der Waals surface area (Å²) in [4.78, 5) is 11.2. The van der Waals surface area contributed by atoms with Crippen LogP contribution < -0.4 is 0 Å². The third-order valence-corrected chi connectivity index (χ3v) is 6.26. The number of hydrogen-bond donors (Lipinski definition) is 1. The van der Waals surface area contributed by atoms with E-state index in [0.29, 0.717) is 13.2 Å². The first-order valence-electron chi connectivity index (χ1n) is 8.53. The summed E-state index contributed by atoms with van der Waals surface area (Å²) in [5, 5.41) is 12.9. The molecule has 0 spiro atoms. The zero-order chi connectivity index (χ0) is 18.7. The molecule has 6 heteroatoms. The van der Waals surface area contributed by atoms with Gasteiger partial charge in [-0.3, -0.25) is 4.57 Å². The average Bonchev–Trinajstić information content (AvgIpc) is 2.61. The van der Waals surface area contributed by atoms with Gasteiger partial charge < -0.3 is 14.2 Å². The molecule has 0 heterocycles. The minimum atomic E-state index is -3.20. The predicted octanol–water partition coefficient (Wildman–Crippen LogP) is 5.46. The maximum atomic E-state index is 12.9. The van der Waals surface area contributed by atoms with Gasteiger partial charge in [0, 0.05) is 0 Å². The zero-order valence-electron chi connectivity index (χ0n) is 14.8. The number of carbonyl (C=O) groups is 1. The van der Waals surface area contributed by atoms with Gasteiger partial charge in [-0.05, 0) is 53.1 Å². The molecule has 0 aromatic heterocycles. The summed E-state index contributed by atoms with van der Waals surface area (Å²) in [6.07, 6.45) is 0.199. The van der Waals surface area contributed by atoms with Crippen LogP contribution >= 0.6 is 7.60 Å². The minimum absolute atomic E-state index is 0.199. The van der Waals surface area contributed by atoms with Crippen LogP contribution in [0.25, 0.3) is 21.5 Å². The number of aromatic carboxylic acids is 1. The molecule has 5 nitrogen and oxygen atoms in total. The average molecular weight is 372 g/mol. The van der Waals surface area contributed by atoms with Gasteiger partial charge in [0.2, 0.25) is 0 Å². The molecule has 0 fully saturated rings. The van der Waals surface area contributed by atoms with Crippen molar-refractivity contribution in [3.63, 3.8) is 0 Å². The van der Waals surface area contributed by atoms with Crippen LogP contribution in [0.5, 0.6) is 0 Å².